The van der Waals surface area contributed by atoms with Gasteiger partial charge >= 0.3 is 0 Å². The second-order valence-electron chi connectivity index (χ2n) is 5.56. The van der Waals surface area contributed by atoms with Crippen LogP contribution >= 0.6 is 0 Å². The largest absolute Gasteiger partial charge is 0.366 e. The predicted octanol–water partition coefficient (Wildman–Crippen LogP) is 3.21. The van der Waals surface area contributed by atoms with Gasteiger partial charge in [0.25, 0.3) is 0 Å². The first kappa shape index (κ1) is 11.0. The predicted molar refractivity (Wildman–Crippen MR) is 76.1 cm³/mol. The Bertz CT molecular complexity index is 600. The smallest absolute Gasteiger partial charge is 0.148 e. The normalized spacial score (nSPS) is 17.3. The van der Waals surface area contributed by atoms with Crippen molar-refractivity contribution >= 4 is 5.82 Å². The molecule has 0 atom stereocenters. The van der Waals surface area contributed by atoms with Gasteiger partial charge in [0.15, 0.2) is 0 Å². The summed E-state index contributed by atoms with van der Waals surface area (Å²) in [4.78, 5) is 0. The molecule has 0 unspecified atom stereocenters. The molecule has 1 heterocycles. The molecule has 0 bridgehead atoms. The van der Waals surface area contributed by atoms with E-state index in [1.807, 2.05) is 6.07 Å². The molecule has 0 saturated heterocycles. The Morgan fingerprint density at radius 2 is 1.84 bits per heavy atom. The molecule has 3 heteroatoms. The van der Waals surface area contributed by atoms with Gasteiger partial charge in [0.2, 0.25) is 0 Å². The van der Waals surface area contributed by atoms with E-state index in [2.05, 4.69) is 39.8 Å². The lowest BCUT2D eigenvalue weighted by molar-refractivity contribution is 0.912. The highest BCUT2D eigenvalue weighted by Crippen LogP contribution is 2.28. The Balaban J connectivity index is 1.60. The van der Waals surface area contributed by atoms with E-state index in [9.17, 15) is 0 Å². The molecule has 1 fully saturated rings. The molecule has 19 heavy (non-hydrogen) atoms. The third-order valence-electron chi connectivity index (χ3n) is 3.99. The Morgan fingerprint density at radius 1 is 0.947 bits per heavy atom. The van der Waals surface area contributed by atoms with Crippen molar-refractivity contribution in [2.75, 3.05) is 5.32 Å². The van der Waals surface area contributed by atoms with Gasteiger partial charge in [-0.3, -0.25) is 0 Å². The second-order valence-corrected chi connectivity index (χ2v) is 5.56. The number of fused-ring (bicyclic) bond motifs is 1. The van der Waals surface area contributed by atoms with Crippen molar-refractivity contribution in [1.82, 2.24) is 10.2 Å². The van der Waals surface area contributed by atoms with Crippen LogP contribution in [0.1, 0.15) is 30.4 Å². The second kappa shape index (κ2) is 4.34. The van der Waals surface area contributed by atoms with Gasteiger partial charge in [0.1, 0.15) is 5.82 Å². The van der Waals surface area contributed by atoms with E-state index in [0.717, 1.165) is 11.5 Å². The molecule has 0 aliphatic heterocycles. The van der Waals surface area contributed by atoms with E-state index in [1.165, 1.54) is 48.8 Å². The van der Waals surface area contributed by atoms with Crippen molar-refractivity contribution in [3.8, 4) is 11.3 Å². The fourth-order valence-corrected chi connectivity index (χ4v) is 2.73. The summed E-state index contributed by atoms with van der Waals surface area (Å²) < 4.78 is 0. The zero-order valence-corrected chi connectivity index (χ0v) is 10.9. The van der Waals surface area contributed by atoms with Crippen LogP contribution in [0.3, 0.4) is 0 Å². The van der Waals surface area contributed by atoms with E-state index < -0.39 is 0 Å². The third kappa shape index (κ3) is 2.21. The van der Waals surface area contributed by atoms with E-state index in [4.69, 9.17) is 0 Å². The van der Waals surface area contributed by atoms with Gasteiger partial charge in [0.05, 0.1) is 5.69 Å². The van der Waals surface area contributed by atoms with Gasteiger partial charge in [-0.1, -0.05) is 12.1 Å². The molecule has 0 spiro atoms. The van der Waals surface area contributed by atoms with Crippen LogP contribution in [-0.2, 0) is 12.8 Å². The zero-order valence-electron chi connectivity index (χ0n) is 10.9. The van der Waals surface area contributed by atoms with E-state index in [1.54, 1.807) is 0 Å². The quantitative estimate of drug-likeness (QED) is 0.910. The molecule has 2 aromatic rings. The van der Waals surface area contributed by atoms with Gasteiger partial charge in [-0.15, -0.1) is 10.2 Å². The molecule has 1 N–H and O–H groups in total. The molecule has 96 valence electrons. The molecular weight excluding hydrogens is 234 g/mol. The standard InChI is InChI=1S/C16H17N3/c1-2-11-4-5-13(10-12(11)3-1)15-8-9-16(19-18-15)17-14-6-7-14/h4-5,8-10,14H,1-3,6-7H2,(H,17,19). The number of nitrogens with one attached hydrogen (secondary N) is 1. The Hall–Kier alpha value is -1.90. The number of benzene rings is 1. The van der Waals surface area contributed by atoms with Crippen molar-refractivity contribution in [2.45, 2.75) is 38.1 Å². The lowest BCUT2D eigenvalue weighted by atomic mass is 10.0. The first-order chi connectivity index (χ1) is 9.38. The summed E-state index contributed by atoms with van der Waals surface area (Å²) >= 11 is 0. The minimum Gasteiger partial charge on any atom is -0.366 e. The zero-order chi connectivity index (χ0) is 12.7. The lowest BCUT2D eigenvalue weighted by Crippen LogP contribution is -2.03. The van der Waals surface area contributed by atoms with Crippen molar-refractivity contribution in [2.24, 2.45) is 0 Å². The number of anilines is 1. The molecule has 1 saturated carbocycles. The summed E-state index contributed by atoms with van der Waals surface area (Å²) in [6, 6.07) is 11.4. The van der Waals surface area contributed by atoms with Crippen LogP contribution in [0.15, 0.2) is 30.3 Å². The Labute approximate surface area is 113 Å². The minimum absolute atomic E-state index is 0.625. The topological polar surface area (TPSA) is 37.8 Å². The number of aryl methyl sites for hydroxylation is 2. The average Bonchev–Trinajstić information content (AvgIpc) is 3.14. The van der Waals surface area contributed by atoms with Crippen LogP contribution in [-0.4, -0.2) is 16.2 Å². The maximum Gasteiger partial charge on any atom is 0.148 e. The minimum atomic E-state index is 0.625. The molecule has 1 aromatic heterocycles. The maximum atomic E-state index is 4.34. The first-order valence-corrected chi connectivity index (χ1v) is 7.11. The highest BCUT2D eigenvalue weighted by atomic mass is 15.2. The van der Waals surface area contributed by atoms with Gasteiger partial charge in [-0.25, -0.2) is 0 Å². The highest BCUT2D eigenvalue weighted by molar-refractivity contribution is 5.62. The van der Waals surface area contributed by atoms with Gasteiger partial charge in [-0.05, 0) is 61.4 Å². The van der Waals surface area contributed by atoms with E-state index in [-0.39, 0.29) is 0 Å². The summed E-state index contributed by atoms with van der Waals surface area (Å²) in [5.74, 6) is 0.896. The highest BCUT2D eigenvalue weighted by Gasteiger charge is 2.21. The van der Waals surface area contributed by atoms with Gasteiger partial charge < -0.3 is 5.32 Å². The van der Waals surface area contributed by atoms with Crippen LogP contribution in [0.5, 0.6) is 0 Å². The fourth-order valence-electron chi connectivity index (χ4n) is 2.73. The van der Waals surface area contributed by atoms with Crippen molar-refractivity contribution in [1.29, 1.82) is 0 Å². The molecular formula is C16H17N3. The number of hydrogen-bond donors (Lipinski definition) is 1. The van der Waals surface area contributed by atoms with Crippen LogP contribution in [0.4, 0.5) is 5.82 Å². The Kier molecular flexibility index (Phi) is 2.50. The molecule has 1 aromatic carbocycles. The first-order valence-electron chi connectivity index (χ1n) is 7.11. The SMILES string of the molecule is c1cc2c(cc1-c1ccc(NC3CC3)nn1)CCC2. The number of hydrogen-bond acceptors (Lipinski definition) is 3. The van der Waals surface area contributed by atoms with Crippen LogP contribution in [0.25, 0.3) is 11.3 Å². The molecule has 2 aliphatic rings. The number of aromatic nitrogens is 2. The molecule has 3 nitrogen and oxygen atoms in total. The molecule has 2 aliphatic carbocycles. The monoisotopic (exact) mass is 251 g/mol. The van der Waals surface area contributed by atoms with Crippen molar-refractivity contribution in [3.63, 3.8) is 0 Å². The van der Waals surface area contributed by atoms with Crippen LogP contribution < -0.4 is 5.32 Å². The van der Waals surface area contributed by atoms with E-state index >= 15 is 0 Å². The summed E-state index contributed by atoms with van der Waals surface area (Å²) in [5, 5.41) is 12.0. The van der Waals surface area contributed by atoms with Crippen LogP contribution in [0, 0.1) is 0 Å². The van der Waals surface area contributed by atoms with Crippen molar-refractivity contribution in [3.05, 3.63) is 41.5 Å². The van der Waals surface area contributed by atoms with E-state index in [0.29, 0.717) is 6.04 Å². The summed E-state index contributed by atoms with van der Waals surface area (Å²) in [6.45, 7) is 0. The fraction of sp³-hybridized carbons (Fsp3) is 0.375. The Morgan fingerprint density at radius 3 is 2.63 bits per heavy atom. The molecule has 0 amide bonds. The average molecular weight is 251 g/mol. The summed E-state index contributed by atoms with van der Waals surface area (Å²) in [5.41, 5.74) is 5.14. The van der Waals surface area contributed by atoms with Gasteiger partial charge in [0, 0.05) is 11.6 Å². The van der Waals surface area contributed by atoms with Gasteiger partial charge in [-0.2, -0.15) is 0 Å². The van der Waals surface area contributed by atoms with Crippen molar-refractivity contribution < 1.29 is 0 Å². The number of rotatable bonds is 3. The molecule has 4 rings (SSSR count). The number of nitrogens with zero attached hydrogens (tertiary/aromatic N) is 2. The third-order valence-corrected chi connectivity index (χ3v) is 3.99. The summed E-state index contributed by atoms with van der Waals surface area (Å²) in [6.07, 6.45) is 6.24. The molecule has 0 radical (unpaired) electrons. The lowest BCUT2D eigenvalue weighted by Gasteiger charge is -2.06. The summed E-state index contributed by atoms with van der Waals surface area (Å²) in [7, 11) is 0. The maximum absolute atomic E-state index is 4.34. The van der Waals surface area contributed by atoms with Crippen LogP contribution in [0.2, 0.25) is 0 Å².